The van der Waals surface area contributed by atoms with Gasteiger partial charge < -0.3 is 14.2 Å². The number of alkyl halides is 3. The number of hydrogen-bond donors (Lipinski definition) is 0. The van der Waals surface area contributed by atoms with Crippen molar-refractivity contribution in [1.29, 1.82) is 0 Å². The monoisotopic (exact) mass is 574 g/mol. The average Bonchev–Trinajstić information content (AvgIpc) is 3.49. The third-order valence-corrected chi connectivity index (χ3v) is 6.98. The molecule has 0 spiro atoms. The summed E-state index contributed by atoms with van der Waals surface area (Å²) in [5.41, 5.74) is 3.68. The van der Waals surface area contributed by atoms with E-state index in [0.717, 1.165) is 16.3 Å². The summed E-state index contributed by atoms with van der Waals surface area (Å²) < 4.78 is 49.8. The van der Waals surface area contributed by atoms with Gasteiger partial charge in [0, 0.05) is 21.9 Å². The molecule has 192 valence electrons. The molecule has 1 aliphatic rings. The van der Waals surface area contributed by atoms with Gasteiger partial charge in [0.15, 0.2) is 0 Å². The molecule has 8 nitrogen and oxygen atoms in total. The van der Waals surface area contributed by atoms with Crippen LogP contribution in [0.4, 0.5) is 18.9 Å². The molecule has 1 unspecified atom stereocenters. The van der Waals surface area contributed by atoms with Gasteiger partial charge in [0.2, 0.25) is 0 Å². The van der Waals surface area contributed by atoms with E-state index in [4.69, 9.17) is 4.74 Å². The van der Waals surface area contributed by atoms with E-state index >= 15 is 0 Å². The lowest BCUT2D eigenvalue weighted by Crippen LogP contribution is -2.42. The predicted molar refractivity (Wildman–Crippen MR) is 134 cm³/mol. The fourth-order valence-electron chi connectivity index (χ4n) is 4.50. The molecule has 1 aliphatic heterocycles. The van der Waals surface area contributed by atoms with Crippen molar-refractivity contribution in [2.75, 3.05) is 18.6 Å². The number of methoxy groups -OCH3 is 1. The van der Waals surface area contributed by atoms with E-state index in [0.29, 0.717) is 33.5 Å². The Morgan fingerprint density at radius 1 is 1.16 bits per heavy atom. The van der Waals surface area contributed by atoms with Crippen molar-refractivity contribution in [2.45, 2.75) is 32.0 Å². The Kier molecular flexibility index (Phi) is 6.52. The van der Waals surface area contributed by atoms with E-state index in [9.17, 15) is 18.0 Å². The van der Waals surface area contributed by atoms with Gasteiger partial charge in [-0.2, -0.15) is 13.2 Å². The smallest absolute Gasteiger partial charge is 0.406 e. The first-order chi connectivity index (χ1) is 17.6. The summed E-state index contributed by atoms with van der Waals surface area (Å²) in [6.45, 7) is 0.497. The lowest BCUT2D eigenvalue weighted by molar-refractivity contribution is -0.134. The number of anilines is 1. The predicted octanol–water partition coefficient (Wildman–Crippen LogP) is 5.29. The van der Waals surface area contributed by atoms with Crippen LogP contribution in [0.25, 0.3) is 16.9 Å². The molecule has 1 atom stereocenters. The highest BCUT2D eigenvalue weighted by atomic mass is 79.9. The van der Waals surface area contributed by atoms with E-state index < -0.39 is 24.7 Å². The van der Waals surface area contributed by atoms with Crippen molar-refractivity contribution in [3.8, 4) is 22.7 Å². The highest BCUT2D eigenvalue weighted by Gasteiger charge is 2.40. The maximum atomic E-state index is 13.5. The highest BCUT2D eigenvalue weighted by Crippen LogP contribution is 2.37. The second-order valence-electron chi connectivity index (χ2n) is 8.72. The molecule has 0 N–H and O–H groups in total. The van der Waals surface area contributed by atoms with E-state index in [-0.39, 0.29) is 12.1 Å². The Morgan fingerprint density at radius 3 is 2.68 bits per heavy atom. The fourth-order valence-corrected chi connectivity index (χ4v) is 5.06. The molecule has 4 aromatic rings. The molecule has 0 bridgehead atoms. The molecule has 0 aliphatic carbocycles. The summed E-state index contributed by atoms with van der Waals surface area (Å²) in [7, 11) is 1.55. The topological polar surface area (TPSA) is 78.1 Å². The number of fused-ring (bicyclic) bond motifs is 1. The number of ether oxygens (including phenoxy) is 1. The number of benzene rings is 2. The largest absolute Gasteiger partial charge is 0.495 e. The lowest BCUT2D eigenvalue weighted by atomic mass is 10.1. The van der Waals surface area contributed by atoms with Crippen LogP contribution in [-0.2, 0) is 11.2 Å². The molecule has 2 aromatic carbocycles. The molecule has 5 rings (SSSR count). The van der Waals surface area contributed by atoms with Crippen LogP contribution in [0.1, 0.15) is 23.7 Å². The number of aryl methyl sites for hydroxylation is 1. The first-order valence-electron chi connectivity index (χ1n) is 11.4. The number of hydrogen-bond acceptors (Lipinski definition) is 5. The Balaban J connectivity index is 1.48. The number of halogens is 4. The second-order valence-corrected chi connectivity index (χ2v) is 9.58. The number of imidazole rings is 1. The Morgan fingerprint density at radius 2 is 1.97 bits per heavy atom. The molecule has 0 saturated carbocycles. The summed E-state index contributed by atoms with van der Waals surface area (Å²) in [6.07, 6.45) is 1.23. The summed E-state index contributed by atoms with van der Waals surface area (Å²) in [5.74, 6) is -0.110. The number of aromatic nitrogens is 5. The van der Waals surface area contributed by atoms with Crippen molar-refractivity contribution in [3.05, 3.63) is 70.8 Å². The molecular formula is C25H22BrF3N6O2. The zero-order valence-electron chi connectivity index (χ0n) is 19.9. The zero-order valence-corrected chi connectivity index (χ0v) is 21.5. The minimum Gasteiger partial charge on any atom is -0.495 e. The van der Waals surface area contributed by atoms with Gasteiger partial charge in [-0.3, -0.25) is 4.79 Å². The van der Waals surface area contributed by atoms with Crippen molar-refractivity contribution in [1.82, 2.24) is 24.5 Å². The molecule has 2 aromatic heterocycles. The molecule has 0 saturated heterocycles. The minimum atomic E-state index is -4.57. The van der Waals surface area contributed by atoms with Gasteiger partial charge in [-0.15, -0.1) is 5.10 Å². The van der Waals surface area contributed by atoms with E-state index in [1.807, 2.05) is 29.8 Å². The van der Waals surface area contributed by atoms with Crippen molar-refractivity contribution in [2.24, 2.45) is 0 Å². The van der Waals surface area contributed by atoms with Gasteiger partial charge in [-0.1, -0.05) is 33.3 Å². The Bertz CT molecular complexity index is 1460. The Labute approximate surface area is 218 Å². The highest BCUT2D eigenvalue weighted by molar-refractivity contribution is 9.10. The van der Waals surface area contributed by atoms with Crippen LogP contribution in [-0.4, -0.2) is 50.3 Å². The molecule has 0 fully saturated rings. The van der Waals surface area contributed by atoms with E-state index in [1.165, 1.54) is 10.7 Å². The van der Waals surface area contributed by atoms with Crippen LogP contribution in [0.3, 0.4) is 0 Å². The molecule has 3 heterocycles. The van der Waals surface area contributed by atoms with Crippen LogP contribution >= 0.6 is 15.9 Å². The van der Waals surface area contributed by atoms with Crippen molar-refractivity contribution < 1.29 is 22.7 Å². The number of rotatable bonds is 5. The van der Waals surface area contributed by atoms with Crippen LogP contribution in [0.5, 0.6) is 5.75 Å². The van der Waals surface area contributed by atoms with Crippen LogP contribution in [0, 0.1) is 6.92 Å². The average molecular weight is 575 g/mol. The third-order valence-electron chi connectivity index (χ3n) is 6.24. The molecule has 12 heteroatoms. The summed E-state index contributed by atoms with van der Waals surface area (Å²) >= 11 is 3.42. The van der Waals surface area contributed by atoms with Crippen LogP contribution < -0.4 is 9.64 Å². The molecule has 1 amide bonds. The van der Waals surface area contributed by atoms with Crippen molar-refractivity contribution in [3.63, 3.8) is 0 Å². The van der Waals surface area contributed by atoms with Gasteiger partial charge >= 0.3 is 6.18 Å². The maximum absolute atomic E-state index is 13.5. The lowest BCUT2D eigenvalue weighted by Gasteiger charge is -2.27. The van der Waals surface area contributed by atoms with E-state index in [2.05, 4.69) is 31.2 Å². The van der Waals surface area contributed by atoms with Crippen LogP contribution in [0.15, 0.2) is 59.6 Å². The maximum Gasteiger partial charge on any atom is 0.406 e. The van der Waals surface area contributed by atoms with Gasteiger partial charge in [0.25, 0.3) is 5.91 Å². The summed E-state index contributed by atoms with van der Waals surface area (Å²) in [5, 5.41) is 8.35. The number of carbonyl (C=O) groups is 1. The minimum absolute atomic E-state index is 0.245. The molecular weight excluding hydrogens is 553 g/mol. The first-order valence-corrected chi connectivity index (χ1v) is 12.2. The zero-order chi connectivity index (χ0) is 26.3. The van der Waals surface area contributed by atoms with Crippen molar-refractivity contribution >= 4 is 27.5 Å². The number of carbonyl (C=O) groups excluding carboxylic acids is 1. The number of amides is 1. The number of nitrogens with zero attached hydrogens (tertiary/aromatic N) is 6. The van der Waals surface area contributed by atoms with Crippen LogP contribution in [0.2, 0.25) is 0 Å². The summed E-state index contributed by atoms with van der Waals surface area (Å²) in [4.78, 5) is 18.5. The van der Waals surface area contributed by atoms with Gasteiger partial charge in [-0.05, 0) is 49.6 Å². The van der Waals surface area contributed by atoms with E-state index in [1.54, 1.807) is 37.8 Å². The normalized spacial score (nSPS) is 16.0. The standard InChI is InChI=1S/C25H22BrF3N6O2/c1-15-11-33(14-30-15)21-8-6-16(10-23(21)37-2)19-12-35(32-31-19)22-9-7-17-18(26)4-3-5-20(17)34(24(22)36)13-25(27,28)29/h3-6,8,10-12,14,22H,7,9,13H2,1-2H3. The second kappa shape index (κ2) is 9.66. The fraction of sp³-hybridized carbons (Fsp3) is 0.280. The molecule has 0 radical (unpaired) electrons. The third kappa shape index (κ3) is 4.97. The quantitative estimate of drug-likeness (QED) is 0.323. The van der Waals surface area contributed by atoms with Gasteiger partial charge in [0.05, 0.1) is 31.0 Å². The Hall–Kier alpha value is -3.67. The summed E-state index contributed by atoms with van der Waals surface area (Å²) in [6, 6.07) is 9.44. The first kappa shape index (κ1) is 25.0. The van der Waals surface area contributed by atoms with Gasteiger partial charge in [0.1, 0.15) is 24.0 Å². The molecule has 37 heavy (non-hydrogen) atoms. The van der Waals surface area contributed by atoms with Gasteiger partial charge in [-0.25, -0.2) is 9.67 Å². The SMILES string of the molecule is COc1cc(-c2cn(C3CCc4c(Br)cccc4N(CC(F)(F)F)C3=O)nn2)ccc1-n1cnc(C)c1.